The fourth-order valence-electron chi connectivity index (χ4n) is 2.50. The molecule has 0 saturated heterocycles. The van der Waals surface area contributed by atoms with Crippen LogP contribution in [0.4, 0.5) is 5.69 Å². The van der Waals surface area contributed by atoms with Gasteiger partial charge in [-0.2, -0.15) is 0 Å². The number of hydrogen-bond donors (Lipinski definition) is 1. The van der Waals surface area contributed by atoms with Gasteiger partial charge in [-0.3, -0.25) is 15.4 Å². The second-order valence-electron chi connectivity index (χ2n) is 5.31. The summed E-state index contributed by atoms with van der Waals surface area (Å²) in [7, 11) is 0. The lowest BCUT2D eigenvalue weighted by molar-refractivity contribution is -0.385. The average Bonchev–Trinajstić information content (AvgIpc) is 2.57. The third-order valence-corrected chi connectivity index (χ3v) is 3.72. The molecule has 2 rings (SSSR count). The van der Waals surface area contributed by atoms with Crippen LogP contribution in [0.5, 0.6) is 0 Å². The van der Waals surface area contributed by atoms with Gasteiger partial charge in [-0.1, -0.05) is 42.5 Å². The monoisotopic (exact) mass is 328 g/mol. The number of benzene rings is 2. The Bertz CT molecular complexity index is 716. The quantitative estimate of drug-likeness (QED) is 0.479. The summed E-state index contributed by atoms with van der Waals surface area (Å²) in [6.07, 6.45) is 0. The number of carbonyl (C=O) groups is 1. The van der Waals surface area contributed by atoms with Crippen molar-refractivity contribution in [1.82, 2.24) is 5.32 Å². The highest BCUT2D eigenvalue weighted by Crippen LogP contribution is 2.23. The molecule has 1 atom stereocenters. The van der Waals surface area contributed by atoms with Crippen LogP contribution in [0.3, 0.4) is 0 Å². The molecule has 1 N–H and O–H groups in total. The third kappa shape index (κ3) is 4.17. The Balaban J connectivity index is 2.26. The number of nitro groups is 1. The number of carbonyl (C=O) groups excluding carboxylic acids is 1. The molecule has 24 heavy (non-hydrogen) atoms. The van der Waals surface area contributed by atoms with Gasteiger partial charge in [0, 0.05) is 18.2 Å². The molecule has 0 amide bonds. The van der Waals surface area contributed by atoms with Gasteiger partial charge in [0.15, 0.2) is 0 Å². The Kier molecular flexibility index (Phi) is 6.03. The van der Waals surface area contributed by atoms with Crippen LogP contribution in [0.25, 0.3) is 0 Å². The van der Waals surface area contributed by atoms with E-state index in [-0.39, 0.29) is 18.8 Å². The number of nitro benzene ring substituents is 1. The van der Waals surface area contributed by atoms with E-state index in [1.165, 1.54) is 6.07 Å². The maximum atomic E-state index is 12.3. The first kappa shape index (κ1) is 17.6. The van der Waals surface area contributed by atoms with Crippen molar-refractivity contribution in [3.05, 3.63) is 75.3 Å². The Morgan fingerprint density at radius 1 is 1.21 bits per heavy atom. The predicted molar refractivity (Wildman–Crippen MR) is 90.5 cm³/mol. The van der Waals surface area contributed by atoms with Crippen LogP contribution in [-0.4, -0.2) is 17.5 Å². The van der Waals surface area contributed by atoms with Crippen molar-refractivity contribution in [2.45, 2.75) is 26.4 Å². The standard InChI is InChI=1S/C18H20N2O4/c1-3-24-18(21)17(14-9-5-4-6-10-14)19-12-15-13(2)8-7-11-16(15)20(22)23/h4-11,17,19H,3,12H2,1-2H3/t17-/m0/s1. The molecule has 0 aromatic heterocycles. The lowest BCUT2D eigenvalue weighted by Gasteiger charge is -2.18. The summed E-state index contributed by atoms with van der Waals surface area (Å²) in [4.78, 5) is 23.1. The van der Waals surface area contributed by atoms with Crippen molar-refractivity contribution in [3.63, 3.8) is 0 Å². The molecule has 0 unspecified atom stereocenters. The van der Waals surface area contributed by atoms with Gasteiger partial charge in [-0.15, -0.1) is 0 Å². The van der Waals surface area contributed by atoms with Crippen LogP contribution < -0.4 is 5.32 Å². The number of esters is 1. The Labute approximate surface area is 140 Å². The van der Waals surface area contributed by atoms with Crippen molar-refractivity contribution in [2.75, 3.05) is 6.61 Å². The van der Waals surface area contributed by atoms with Crippen molar-refractivity contribution in [3.8, 4) is 0 Å². The molecular formula is C18H20N2O4. The normalized spacial score (nSPS) is 11.8. The minimum atomic E-state index is -0.676. The molecule has 0 aliphatic heterocycles. The molecule has 2 aromatic rings. The smallest absolute Gasteiger partial charge is 0.327 e. The van der Waals surface area contributed by atoms with Gasteiger partial charge in [0.05, 0.1) is 11.5 Å². The van der Waals surface area contributed by atoms with Gasteiger partial charge < -0.3 is 4.74 Å². The molecule has 0 fully saturated rings. The Morgan fingerprint density at radius 3 is 2.54 bits per heavy atom. The highest BCUT2D eigenvalue weighted by molar-refractivity contribution is 5.77. The van der Waals surface area contributed by atoms with Gasteiger partial charge in [0.1, 0.15) is 6.04 Å². The van der Waals surface area contributed by atoms with E-state index in [0.29, 0.717) is 5.56 Å². The van der Waals surface area contributed by atoms with E-state index in [1.54, 1.807) is 13.0 Å². The van der Waals surface area contributed by atoms with Crippen LogP contribution in [0.15, 0.2) is 48.5 Å². The van der Waals surface area contributed by atoms with Gasteiger partial charge >= 0.3 is 5.97 Å². The maximum absolute atomic E-state index is 12.3. The molecular weight excluding hydrogens is 308 g/mol. The molecule has 0 radical (unpaired) electrons. The lowest BCUT2D eigenvalue weighted by atomic mass is 10.0. The third-order valence-electron chi connectivity index (χ3n) is 3.72. The molecule has 126 valence electrons. The summed E-state index contributed by atoms with van der Waals surface area (Å²) < 4.78 is 5.12. The minimum absolute atomic E-state index is 0.0400. The van der Waals surface area contributed by atoms with Crippen molar-refractivity contribution >= 4 is 11.7 Å². The summed E-state index contributed by atoms with van der Waals surface area (Å²) in [5.74, 6) is -0.403. The highest BCUT2D eigenvalue weighted by atomic mass is 16.6. The molecule has 0 bridgehead atoms. The molecule has 2 aromatic carbocycles. The topological polar surface area (TPSA) is 81.5 Å². The number of nitrogens with zero attached hydrogens (tertiary/aromatic N) is 1. The van der Waals surface area contributed by atoms with Gasteiger partial charge in [0.25, 0.3) is 5.69 Å². The lowest BCUT2D eigenvalue weighted by Crippen LogP contribution is -2.30. The molecule has 0 aliphatic rings. The Morgan fingerprint density at radius 2 is 1.92 bits per heavy atom. The average molecular weight is 328 g/mol. The van der Waals surface area contributed by atoms with E-state index in [4.69, 9.17) is 4.74 Å². The molecule has 0 aliphatic carbocycles. The van der Waals surface area contributed by atoms with Crippen LogP contribution in [0, 0.1) is 17.0 Å². The SMILES string of the molecule is CCOC(=O)[C@@H](NCc1c(C)cccc1[N+](=O)[O-])c1ccccc1. The van der Waals surface area contributed by atoms with Crippen LogP contribution in [0.1, 0.15) is 29.7 Å². The fourth-order valence-corrected chi connectivity index (χ4v) is 2.50. The second-order valence-corrected chi connectivity index (χ2v) is 5.31. The zero-order valence-corrected chi connectivity index (χ0v) is 13.7. The minimum Gasteiger partial charge on any atom is -0.465 e. The fraction of sp³-hybridized carbons (Fsp3) is 0.278. The summed E-state index contributed by atoms with van der Waals surface area (Å²) in [5.41, 5.74) is 2.16. The second kappa shape index (κ2) is 8.21. The van der Waals surface area contributed by atoms with E-state index in [1.807, 2.05) is 43.3 Å². The Hall–Kier alpha value is -2.73. The number of rotatable bonds is 7. The summed E-state index contributed by atoms with van der Waals surface area (Å²) >= 11 is 0. The van der Waals surface area contributed by atoms with Crippen molar-refractivity contribution in [2.24, 2.45) is 0 Å². The number of nitrogens with one attached hydrogen (secondary N) is 1. The summed E-state index contributed by atoms with van der Waals surface area (Å²) in [5, 5.41) is 14.3. The number of hydrogen-bond acceptors (Lipinski definition) is 5. The first-order valence-corrected chi connectivity index (χ1v) is 7.72. The summed E-state index contributed by atoms with van der Waals surface area (Å²) in [6, 6.07) is 13.4. The molecule has 6 heteroatoms. The zero-order chi connectivity index (χ0) is 17.5. The highest BCUT2D eigenvalue weighted by Gasteiger charge is 2.23. The maximum Gasteiger partial charge on any atom is 0.327 e. The van der Waals surface area contributed by atoms with Crippen molar-refractivity contribution < 1.29 is 14.5 Å². The number of ether oxygens (including phenoxy) is 1. The molecule has 0 spiro atoms. The van der Waals surface area contributed by atoms with Crippen LogP contribution >= 0.6 is 0 Å². The van der Waals surface area contributed by atoms with Gasteiger partial charge in [-0.25, -0.2) is 4.79 Å². The van der Waals surface area contributed by atoms with Crippen LogP contribution in [0.2, 0.25) is 0 Å². The van der Waals surface area contributed by atoms with Crippen LogP contribution in [-0.2, 0) is 16.1 Å². The van der Waals surface area contributed by atoms with E-state index in [2.05, 4.69) is 5.32 Å². The van der Waals surface area contributed by atoms with Crippen molar-refractivity contribution in [1.29, 1.82) is 0 Å². The zero-order valence-electron chi connectivity index (χ0n) is 13.7. The largest absolute Gasteiger partial charge is 0.465 e. The first-order chi connectivity index (χ1) is 11.5. The molecule has 6 nitrogen and oxygen atoms in total. The van der Waals surface area contributed by atoms with E-state index < -0.39 is 16.9 Å². The van der Waals surface area contributed by atoms with E-state index >= 15 is 0 Å². The summed E-state index contributed by atoms with van der Waals surface area (Å²) in [6.45, 7) is 4.02. The van der Waals surface area contributed by atoms with E-state index in [0.717, 1.165) is 11.1 Å². The molecule has 0 saturated carbocycles. The predicted octanol–water partition coefficient (Wildman–Crippen LogP) is 3.30. The first-order valence-electron chi connectivity index (χ1n) is 7.72. The van der Waals surface area contributed by atoms with E-state index in [9.17, 15) is 14.9 Å². The molecule has 0 heterocycles. The van der Waals surface area contributed by atoms with Gasteiger partial charge in [0.2, 0.25) is 0 Å². The number of aryl methyl sites for hydroxylation is 1. The van der Waals surface area contributed by atoms with Gasteiger partial charge in [-0.05, 0) is 25.0 Å².